The third-order valence-electron chi connectivity index (χ3n) is 5.04. The molecule has 1 saturated carbocycles. The van der Waals surface area contributed by atoms with Gasteiger partial charge in [0.2, 0.25) is 0 Å². The van der Waals surface area contributed by atoms with Crippen LogP contribution in [-0.4, -0.2) is 5.38 Å². The summed E-state index contributed by atoms with van der Waals surface area (Å²) in [6.45, 7) is 9.30. The Morgan fingerprint density at radius 3 is 2.63 bits per heavy atom. The number of hydrogen-bond donors (Lipinski definition) is 0. The summed E-state index contributed by atoms with van der Waals surface area (Å²) in [5.41, 5.74) is 3.07. The molecule has 0 aromatic heterocycles. The van der Waals surface area contributed by atoms with E-state index in [1.165, 1.54) is 30.4 Å². The number of benzene rings is 1. The number of aryl methyl sites for hydroxylation is 1. The highest BCUT2D eigenvalue weighted by Gasteiger charge is 2.39. The molecule has 1 fully saturated rings. The van der Waals surface area contributed by atoms with Gasteiger partial charge >= 0.3 is 0 Å². The van der Waals surface area contributed by atoms with E-state index in [1.54, 1.807) is 0 Å². The first kappa shape index (κ1) is 14.9. The van der Waals surface area contributed by atoms with Crippen LogP contribution in [-0.2, 0) is 11.8 Å². The Morgan fingerprint density at radius 2 is 2.00 bits per heavy atom. The first-order chi connectivity index (χ1) is 8.95. The van der Waals surface area contributed by atoms with Gasteiger partial charge in [-0.2, -0.15) is 0 Å². The monoisotopic (exact) mass is 278 g/mol. The van der Waals surface area contributed by atoms with Gasteiger partial charge < -0.3 is 0 Å². The van der Waals surface area contributed by atoms with Crippen LogP contribution in [0.25, 0.3) is 0 Å². The molecule has 19 heavy (non-hydrogen) atoms. The topological polar surface area (TPSA) is 0 Å². The summed E-state index contributed by atoms with van der Waals surface area (Å²) in [6, 6.07) is 9.08. The third-order valence-corrected chi connectivity index (χ3v) is 5.52. The lowest BCUT2D eigenvalue weighted by atomic mass is 9.65. The number of halogens is 1. The zero-order valence-corrected chi connectivity index (χ0v) is 13.5. The first-order valence-electron chi connectivity index (χ1n) is 7.68. The Kier molecular flexibility index (Phi) is 4.61. The molecule has 3 atom stereocenters. The maximum atomic E-state index is 6.69. The summed E-state index contributed by atoms with van der Waals surface area (Å²) in [4.78, 5) is 0. The summed E-state index contributed by atoms with van der Waals surface area (Å²) in [5.74, 6) is 1.38. The minimum Gasteiger partial charge on any atom is -0.123 e. The maximum Gasteiger partial charge on any atom is 0.0375 e. The van der Waals surface area contributed by atoms with E-state index in [0.29, 0.717) is 11.3 Å². The summed E-state index contributed by atoms with van der Waals surface area (Å²) >= 11 is 6.69. The van der Waals surface area contributed by atoms with Gasteiger partial charge in [0.25, 0.3) is 0 Å². The van der Waals surface area contributed by atoms with Crippen LogP contribution in [0.1, 0.15) is 58.1 Å². The zero-order chi connectivity index (χ0) is 14.0. The zero-order valence-electron chi connectivity index (χ0n) is 12.7. The normalized spacial score (nSPS) is 28.4. The molecule has 0 N–H and O–H groups in total. The van der Waals surface area contributed by atoms with Gasteiger partial charge in [0, 0.05) is 5.38 Å². The summed E-state index contributed by atoms with van der Waals surface area (Å²) in [7, 11) is 0. The third kappa shape index (κ3) is 3.16. The molecular weight excluding hydrogens is 252 g/mol. The number of hydrogen-bond acceptors (Lipinski definition) is 0. The fraction of sp³-hybridized carbons (Fsp3) is 0.667. The van der Waals surface area contributed by atoms with E-state index < -0.39 is 0 Å². The highest BCUT2D eigenvalue weighted by molar-refractivity contribution is 6.20. The molecule has 1 aromatic rings. The molecule has 0 heterocycles. The van der Waals surface area contributed by atoms with Crippen LogP contribution in [0.15, 0.2) is 24.3 Å². The second-order valence-corrected chi connectivity index (χ2v) is 7.38. The summed E-state index contributed by atoms with van der Waals surface area (Å²) in [6.07, 6.45) is 4.86. The molecule has 0 bridgehead atoms. The lowest BCUT2D eigenvalue weighted by molar-refractivity contribution is 0.207. The average Bonchev–Trinajstić information content (AvgIpc) is 2.38. The lowest BCUT2D eigenvalue weighted by Gasteiger charge is -2.42. The highest BCUT2D eigenvalue weighted by atomic mass is 35.5. The Balaban J connectivity index is 2.25. The van der Waals surface area contributed by atoms with Gasteiger partial charge in [0.15, 0.2) is 0 Å². The molecule has 0 aliphatic heterocycles. The van der Waals surface area contributed by atoms with Crippen molar-refractivity contribution in [3.05, 3.63) is 35.4 Å². The molecule has 3 unspecified atom stereocenters. The van der Waals surface area contributed by atoms with Crippen molar-refractivity contribution in [1.29, 1.82) is 0 Å². The second-order valence-electron chi connectivity index (χ2n) is 6.82. The van der Waals surface area contributed by atoms with Crippen molar-refractivity contribution in [2.24, 2.45) is 11.8 Å². The van der Waals surface area contributed by atoms with E-state index in [9.17, 15) is 0 Å². The van der Waals surface area contributed by atoms with Crippen LogP contribution >= 0.6 is 11.6 Å². The van der Waals surface area contributed by atoms with Gasteiger partial charge in [-0.05, 0) is 47.6 Å². The minimum absolute atomic E-state index is 0.178. The largest absolute Gasteiger partial charge is 0.123 e. The van der Waals surface area contributed by atoms with Gasteiger partial charge in [0.05, 0.1) is 0 Å². The van der Waals surface area contributed by atoms with Gasteiger partial charge in [-0.25, -0.2) is 0 Å². The SMILES string of the molecule is CCc1cccc(C(C)(C)C2CCC(C)CC2Cl)c1. The Bertz CT molecular complexity index is 421. The van der Waals surface area contributed by atoms with Crippen molar-refractivity contribution in [3.63, 3.8) is 0 Å². The van der Waals surface area contributed by atoms with Crippen molar-refractivity contribution in [3.8, 4) is 0 Å². The van der Waals surface area contributed by atoms with Gasteiger partial charge in [-0.15, -0.1) is 11.6 Å². The summed E-state index contributed by atoms with van der Waals surface area (Å²) in [5, 5.41) is 0.323. The van der Waals surface area contributed by atoms with Crippen LogP contribution in [0.4, 0.5) is 0 Å². The smallest absolute Gasteiger partial charge is 0.0375 e. The quantitative estimate of drug-likeness (QED) is 0.634. The average molecular weight is 279 g/mol. The van der Waals surface area contributed by atoms with E-state index in [-0.39, 0.29) is 5.41 Å². The molecule has 1 aliphatic carbocycles. The highest BCUT2D eigenvalue weighted by Crippen LogP contribution is 2.44. The molecule has 106 valence electrons. The van der Waals surface area contributed by atoms with Crippen LogP contribution < -0.4 is 0 Å². The van der Waals surface area contributed by atoms with E-state index in [4.69, 9.17) is 11.6 Å². The Labute approximate surface area is 123 Å². The van der Waals surface area contributed by atoms with Crippen molar-refractivity contribution in [2.45, 2.75) is 64.2 Å². The van der Waals surface area contributed by atoms with E-state index in [0.717, 1.165) is 12.3 Å². The van der Waals surface area contributed by atoms with E-state index >= 15 is 0 Å². The molecule has 0 amide bonds. The lowest BCUT2D eigenvalue weighted by Crippen LogP contribution is -2.38. The number of rotatable bonds is 3. The predicted molar refractivity (Wildman–Crippen MR) is 85.0 cm³/mol. The van der Waals surface area contributed by atoms with Crippen LogP contribution in [0.3, 0.4) is 0 Å². The van der Waals surface area contributed by atoms with Crippen LogP contribution in [0.2, 0.25) is 0 Å². The van der Waals surface area contributed by atoms with Crippen LogP contribution in [0.5, 0.6) is 0 Å². The molecule has 1 aliphatic rings. The molecule has 1 aromatic carbocycles. The van der Waals surface area contributed by atoms with Gasteiger partial charge in [-0.1, -0.05) is 58.4 Å². The fourth-order valence-corrected chi connectivity index (χ4v) is 4.28. The van der Waals surface area contributed by atoms with Crippen molar-refractivity contribution in [2.75, 3.05) is 0 Å². The molecule has 1 heteroatoms. The van der Waals surface area contributed by atoms with Gasteiger partial charge in [-0.3, -0.25) is 0 Å². The standard InChI is InChI=1S/C18H27Cl/c1-5-14-7-6-8-15(12-14)18(3,4)16-10-9-13(2)11-17(16)19/h6-8,12-13,16-17H,5,9-11H2,1-4H3. The molecule has 2 rings (SSSR count). The van der Waals surface area contributed by atoms with E-state index in [1.807, 2.05) is 0 Å². The minimum atomic E-state index is 0.178. The fourth-order valence-electron chi connectivity index (χ4n) is 3.53. The van der Waals surface area contributed by atoms with Crippen molar-refractivity contribution < 1.29 is 0 Å². The van der Waals surface area contributed by atoms with E-state index in [2.05, 4.69) is 52.0 Å². The molecule has 0 saturated heterocycles. The Morgan fingerprint density at radius 1 is 1.26 bits per heavy atom. The van der Waals surface area contributed by atoms with Gasteiger partial charge in [0.1, 0.15) is 0 Å². The van der Waals surface area contributed by atoms with Crippen molar-refractivity contribution >= 4 is 11.6 Å². The maximum absolute atomic E-state index is 6.69. The molecule has 0 radical (unpaired) electrons. The first-order valence-corrected chi connectivity index (χ1v) is 8.12. The van der Waals surface area contributed by atoms with Crippen LogP contribution in [0, 0.1) is 11.8 Å². The Hall–Kier alpha value is -0.490. The molecular formula is C18H27Cl. The molecule has 0 nitrogen and oxygen atoms in total. The number of alkyl halides is 1. The summed E-state index contributed by atoms with van der Waals surface area (Å²) < 4.78 is 0. The van der Waals surface area contributed by atoms with Crippen molar-refractivity contribution in [1.82, 2.24) is 0 Å². The predicted octanol–water partition coefficient (Wildman–Crippen LogP) is 5.57. The second kappa shape index (κ2) is 5.87. The molecule has 0 spiro atoms.